The van der Waals surface area contributed by atoms with E-state index in [2.05, 4.69) is 18.2 Å². The molecule has 0 spiro atoms. The SMILES string of the molecule is CC(C)(N)c1cc(-c2ccccc2)ccc1Cl. The molecule has 0 aliphatic carbocycles. The molecular weight excluding hydrogens is 230 g/mol. The Morgan fingerprint density at radius 3 is 2.18 bits per heavy atom. The highest BCUT2D eigenvalue weighted by molar-refractivity contribution is 6.31. The Hall–Kier alpha value is -1.31. The average molecular weight is 246 g/mol. The van der Waals surface area contributed by atoms with E-state index in [1.165, 1.54) is 5.56 Å². The van der Waals surface area contributed by atoms with Crippen LogP contribution in [0.2, 0.25) is 5.02 Å². The van der Waals surface area contributed by atoms with Gasteiger partial charge in [-0.1, -0.05) is 48.0 Å². The Balaban J connectivity index is 2.53. The van der Waals surface area contributed by atoms with Gasteiger partial charge in [-0.15, -0.1) is 0 Å². The fourth-order valence-electron chi connectivity index (χ4n) is 1.83. The van der Waals surface area contributed by atoms with Gasteiger partial charge in [-0.25, -0.2) is 0 Å². The van der Waals surface area contributed by atoms with Crippen molar-refractivity contribution < 1.29 is 0 Å². The molecule has 0 saturated heterocycles. The minimum absolute atomic E-state index is 0.429. The van der Waals surface area contributed by atoms with Gasteiger partial charge in [-0.2, -0.15) is 0 Å². The summed E-state index contributed by atoms with van der Waals surface area (Å²) < 4.78 is 0. The molecule has 0 aliphatic heterocycles. The summed E-state index contributed by atoms with van der Waals surface area (Å²) in [5, 5.41) is 0.720. The van der Waals surface area contributed by atoms with Gasteiger partial charge in [0.15, 0.2) is 0 Å². The van der Waals surface area contributed by atoms with Gasteiger partial charge < -0.3 is 5.73 Å². The van der Waals surface area contributed by atoms with Crippen molar-refractivity contribution in [2.45, 2.75) is 19.4 Å². The van der Waals surface area contributed by atoms with Crippen molar-refractivity contribution in [3.63, 3.8) is 0 Å². The first-order valence-electron chi connectivity index (χ1n) is 5.63. The Bertz CT molecular complexity index is 512. The van der Waals surface area contributed by atoms with Crippen LogP contribution in [-0.4, -0.2) is 0 Å². The highest BCUT2D eigenvalue weighted by Crippen LogP contribution is 2.30. The van der Waals surface area contributed by atoms with Crippen LogP contribution in [0.1, 0.15) is 19.4 Å². The Kier molecular flexibility index (Phi) is 3.23. The molecular formula is C15H16ClN. The lowest BCUT2D eigenvalue weighted by molar-refractivity contribution is 0.555. The highest BCUT2D eigenvalue weighted by atomic mass is 35.5. The quantitative estimate of drug-likeness (QED) is 0.843. The predicted octanol–water partition coefficient (Wildman–Crippen LogP) is 4.20. The molecule has 0 unspecified atom stereocenters. The van der Waals surface area contributed by atoms with Crippen molar-refractivity contribution in [1.29, 1.82) is 0 Å². The molecule has 2 heteroatoms. The molecule has 0 radical (unpaired) electrons. The lowest BCUT2D eigenvalue weighted by Crippen LogP contribution is -2.29. The zero-order valence-electron chi connectivity index (χ0n) is 10.1. The molecule has 2 N–H and O–H groups in total. The summed E-state index contributed by atoms with van der Waals surface area (Å²) in [5.41, 5.74) is 8.98. The lowest BCUT2D eigenvalue weighted by atomic mass is 9.92. The van der Waals surface area contributed by atoms with Crippen LogP contribution in [0.15, 0.2) is 48.5 Å². The average Bonchev–Trinajstić information content (AvgIpc) is 2.29. The Morgan fingerprint density at radius 1 is 0.941 bits per heavy atom. The van der Waals surface area contributed by atoms with Gasteiger partial charge in [0.2, 0.25) is 0 Å². The molecule has 88 valence electrons. The summed E-state index contributed by atoms with van der Waals surface area (Å²) >= 11 is 6.19. The van der Waals surface area contributed by atoms with E-state index in [0.717, 1.165) is 16.1 Å². The first kappa shape index (κ1) is 12.2. The molecule has 0 saturated carbocycles. The third-order valence-electron chi connectivity index (χ3n) is 2.77. The van der Waals surface area contributed by atoms with Crippen LogP contribution in [0.3, 0.4) is 0 Å². The van der Waals surface area contributed by atoms with Crippen molar-refractivity contribution in [2.75, 3.05) is 0 Å². The number of hydrogen-bond donors (Lipinski definition) is 1. The molecule has 17 heavy (non-hydrogen) atoms. The Morgan fingerprint density at radius 2 is 1.59 bits per heavy atom. The van der Waals surface area contributed by atoms with E-state index in [-0.39, 0.29) is 0 Å². The first-order chi connectivity index (χ1) is 7.98. The minimum atomic E-state index is -0.429. The normalized spacial score (nSPS) is 11.5. The summed E-state index contributed by atoms with van der Waals surface area (Å²) in [5.74, 6) is 0. The molecule has 2 rings (SSSR count). The van der Waals surface area contributed by atoms with Crippen LogP contribution in [0, 0.1) is 0 Å². The van der Waals surface area contributed by atoms with Crippen LogP contribution in [-0.2, 0) is 5.54 Å². The predicted molar refractivity (Wildman–Crippen MR) is 74.1 cm³/mol. The topological polar surface area (TPSA) is 26.0 Å². The summed E-state index contributed by atoms with van der Waals surface area (Å²) in [4.78, 5) is 0. The van der Waals surface area contributed by atoms with Crippen LogP contribution in [0.5, 0.6) is 0 Å². The van der Waals surface area contributed by atoms with E-state index in [1.807, 2.05) is 44.2 Å². The summed E-state index contributed by atoms with van der Waals surface area (Å²) in [6.07, 6.45) is 0. The van der Waals surface area contributed by atoms with Crippen LogP contribution >= 0.6 is 11.6 Å². The van der Waals surface area contributed by atoms with Crippen molar-refractivity contribution in [3.05, 3.63) is 59.1 Å². The van der Waals surface area contributed by atoms with Gasteiger partial charge >= 0.3 is 0 Å². The van der Waals surface area contributed by atoms with Gasteiger partial charge in [0.1, 0.15) is 0 Å². The number of benzene rings is 2. The second-order valence-corrected chi connectivity index (χ2v) is 5.19. The molecule has 0 aliphatic rings. The molecule has 0 fully saturated rings. The van der Waals surface area contributed by atoms with Gasteiger partial charge in [-0.3, -0.25) is 0 Å². The Labute approximate surface area is 107 Å². The molecule has 2 aromatic rings. The fraction of sp³-hybridized carbons (Fsp3) is 0.200. The van der Waals surface area contributed by atoms with E-state index in [0.29, 0.717) is 0 Å². The second-order valence-electron chi connectivity index (χ2n) is 4.78. The number of halogens is 1. The highest BCUT2D eigenvalue weighted by Gasteiger charge is 2.18. The van der Waals surface area contributed by atoms with Gasteiger partial charge in [-0.05, 0) is 42.7 Å². The maximum absolute atomic E-state index is 6.19. The third-order valence-corrected chi connectivity index (χ3v) is 3.10. The van der Waals surface area contributed by atoms with Gasteiger partial charge in [0, 0.05) is 10.6 Å². The van der Waals surface area contributed by atoms with E-state index < -0.39 is 5.54 Å². The van der Waals surface area contributed by atoms with Crippen LogP contribution in [0.25, 0.3) is 11.1 Å². The van der Waals surface area contributed by atoms with Crippen molar-refractivity contribution in [2.24, 2.45) is 5.73 Å². The maximum atomic E-state index is 6.19. The monoisotopic (exact) mass is 245 g/mol. The maximum Gasteiger partial charge on any atom is 0.0456 e. The van der Waals surface area contributed by atoms with Gasteiger partial charge in [0.25, 0.3) is 0 Å². The number of rotatable bonds is 2. The van der Waals surface area contributed by atoms with E-state index in [4.69, 9.17) is 17.3 Å². The molecule has 0 amide bonds. The fourth-order valence-corrected chi connectivity index (χ4v) is 2.19. The van der Waals surface area contributed by atoms with Crippen LogP contribution in [0.4, 0.5) is 0 Å². The number of nitrogens with two attached hydrogens (primary N) is 1. The first-order valence-corrected chi connectivity index (χ1v) is 6.00. The van der Waals surface area contributed by atoms with E-state index in [1.54, 1.807) is 0 Å². The molecule has 0 atom stereocenters. The van der Waals surface area contributed by atoms with Gasteiger partial charge in [0.05, 0.1) is 0 Å². The van der Waals surface area contributed by atoms with Crippen molar-refractivity contribution >= 4 is 11.6 Å². The van der Waals surface area contributed by atoms with Crippen molar-refractivity contribution in [1.82, 2.24) is 0 Å². The van der Waals surface area contributed by atoms with Crippen molar-refractivity contribution in [3.8, 4) is 11.1 Å². The standard InChI is InChI=1S/C15H16ClN/c1-15(2,17)13-10-12(8-9-14(13)16)11-6-4-3-5-7-11/h3-10H,17H2,1-2H3. The van der Waals surface area contributed by atoms with E-state index in [9.17, 15) is 0 Å². The van der Waals surface area contributed by atoms with E-state index >= 15 is 0 Å². The largest absolute Gasteiger partial charge is 0.322 e. The summed E-state index contributed by atoms with van der Waals surface area (Å²) in [6, 6.07) is 16.2. The minimum Gasteiger partial charge on any atom is -0.322 e. The molecule has 0 heterocycles. The van der Waals surface area contributed by atoms with Crippen LogP contribution < -0.4 is 5.73 Å². The zero-order chi connectivity index (χ0) is 12.5. The number of hydrogen-bond acceptors (Lipinski definition) is 1. The molecule has 0 aromatic heterocycles. The molecule has 2 aromatic carbocycles. The molecule has 0 bridgehead atoms. The third kappa shape index (κ3) is 2.68. The lowest BCUT2D eigenvalue weighted by Gasteiger charge is -2.21. The summed E-state index contributed by atoms with van der Waals surface area (Å²) in [7, 11) is 0. The zero-order valence-corrected chi connectivity index (χ0v) is 10.8. The summed E-state index contributed by atoms with van der Waals surface area (Å²) in [6.45, 7) is 3.92. The second kappa shape index (κ2) is 4.52. The smallest absolute Gasteiger partial charge is 0.0456 e. The molecule has 1 nitrogen and oxygen atoms in total.